The highest BCUT2D eigenvalue weighted by atomic mass is 19.1. The number of β-amino-alcohol motifs (C(OH)–C–C–N with tert-alkyl or cyclic N) is 1. The molecule has 0 bridgehead atoms. The Morgan fingerprint density at radius 2 is 2.08 bits per heavy atom. The number of aliphatic hydroxyl groups is 2. The predicted molar refractivity (Wildman–Crippen MR) is 132 cm³/mol. The molecular weight excluding hydrogens is 481 g/mol. The van der Waals surface area contributed by atoms with E-state index >= 15 is 0 Å². The zero-order valence-electron chi connectivity index (χ0n) is 20.7. The highest BCUT2D eigenvalue weighted by molar-refractivity contribution is 6.09. The van der Waals surface area contributed by atoms with E-state index in [0.717, 1.165) is 12.8 Å². The SMILES string of the molecule is Cc1[nH]c2c(-c3ccc(F)cc3OCC3CC3)ncnc2c1C(=O)N[C@@H]1CCN(C(=O)[C@H](C)O)C[C@@H]1O. The third kappa shape index (κ3) is 5.14. The molecule has 1 aliphatic carbocycles. The lowest BCUT2D eigenvalue weighted by molar-refractivity contribution is -0.142. The van der Waals surface area contributed by atoms with E-state index in [4.69, 9.17) is 4.74 Å². The van der Waals surface area contributed by atoms with E-state index in [0.29, 0.717) is 64.8 Å². The lowest BCUT2D eigenvalue weighted by Crippen LogP contribution is -2.56. The highest BCUT2D eigenvalue weighted by Gasteiger charge is 2.33. The number of aryl methyl sites for hydroxylation is 1. The molecule has 2 fully saturated rings. The van der Waals surface area contributed by atoms with Gasteiger partial charge in [-0.3, -0.25) is 9.59 Å². The molecule has 1 saturated carbocycles. The number of benzene rings is 1. The molecule has 0 radical (unpaired) electrons. The smallest absolute Gasteiger partial charge is 0.255 e. The number of rotatable bonds is 7. The van der Waals surface area contributed by atoms with E-state index in [2.05, 4.69) is 20.3 Å². The molecule has 196 valence electrons. The number of carbonyl (C=O) groups is 2. The third-order valence-corrected chi connectivity index (χ3v) is 6.94. The Balaban J connectivity index is 1.40. The van der Waals surface area contributed by atoms with Gasteiger partial charge >= 0.3 is 0 Å². The van der Waals surface area contributed by atoms with Gasteiger partial charge in [-0.25, -0.2) is 14.4 Å². The lowest BCUT2D eigenvalue weighted by atomic mass is 10.0. The summed E-state index contributed by atoms with van der Waals surface area (Å²) in [6.45, 7) is 3.95. The van der Waals surface area contributed by atoms with Crippen LogP contribution in [0.4, 0.5) is 4.39 Å². The first kappa shape index (κ1) is 25.1. The summed E-state index contributed by atoms with van der Waals surface area (Å²) in [6.07, 6.45) is 1.75. The number of likely N-dealkylation sites (tertiary alicyclic amines) is 1. The van der Waals surface area contributed by atoms with Crippen LogP contribution in [-0.2, 0) is 4.79 Å². The van der Waals surface area contributed by atoms with Gasteiger partial charge in [-0.1, -0.05) is 0 Å². The number of ether oxygens (including phenoxy) is 1. The van der Waals surface area contributed by atoms with E-state index in [9.17, 15) is 24.2 Å². The van der Waals surface area contributed by atoms with Crippen molar-refractivity contribution in [1.82, 2.24) is 25.2 Å². The van der Waals surface area contributed by atoms with Crippen molar-refractivity contribution in [3.63, 3.8) is 0 Å². The molecule has 0 spiro atoms. The largest absolute Gasteiger partial charge is 0.492 e. The number of halogens is 1. The average Bonchev–Trinajstić information content (AvgIpc) is 3.63. The van der Waals surface area contributed by atoms with E-state index in [1.54, 1.807) is 13.0 Å². The summed E-state index contributed by atoms with van der Waals surface area (Å²) in [7, 11) is 0. The molecule has 1 aliphatic heterocycles. The second-order valence-electron chi connectivity index (χ2n) is 9.86. The Bertz CT molecular complexity index is 1340. The molecule has 3 aromatic rings. The molecule has 3 heterocycles. The fourth-order valence-electron chi connectivity index (χ4n) is 4.71. The van der Waals surface area contributed by atoms with Crippen molar-refractivity contribution in [2.75, 3.05) is 19.7 Å². The Morgan fingerprint density at radius 3 is 2.78 bits per heavy atom. The molecule has 1 aromatic carbocycles. The van der Waals surface area contributed by atoms with E-state index < -0.39 is 35.9 Å². The van der Waals surface area contributed by atoms with Crippen LogP contribution in [0.3, 0.4) is 0 Å². The summed E-state index contributed by atoms with van der Waals surface area (Å²) in [5.74, 6) is -0.426. The van der Waals surface area contributed by atoms with Crippen molar-refractivity contribution >= 4 is 22.8 Å². The van der Waals surface area contributed by atoms with Gasteiger partial charge in [-0.2, -0.15) is 0 Å². The first-order chi connectivity index (χ1) is 17.7. The summed E-state index contributed by atoms with van der Waals surface area (Å²) in [5.41, 5.74) is 2.87. The first-order valence-electron chi connectivity index (χ1n) is 12.4. The molecule has 2 aliphatic rings. The summed E-state index contributed by atoms with van der Waals surface area (Å²) in [6, 6.07) is 3.71. The maximum Gasteiger partial charge on any atom is 0.255 e. The molecule has 11 heteroatoms. The normalized spacial score (nSPS) is 20.6. The summed E-state index contributed by atoms with van der Waals surface area (Å²) < 4.78 is 19.9. The number of aromatic amines is 1. The summed E-state index contributed by atoms with van der Waals surface area (Å²) >= 11 is 0. The van der Waals surface area contributed by atoms with Crippen LogP contribution in [0, 0.1) is 18.7 Å². The quantitative estimate of drug-likeness (QED) is 0.380. The highest BCUT2D eigenvalue weighted by Crippen LogP contribution is 2.36. The molecule has 4 N–H and O–H groups in total. The van der Waals surface area contributed by atoms with Gasteiger partial charge in [0, 0.05) is 30.4 Å². The number of aliphatic hydroxyl groups excluding tert-OH is 2. The van der Waals surface area contributed by atoms with E-state index in [1.165, 1.54) is 30.3 Å². The summed E-state index contributed by atoms with van der Waals surface area (Å²) in [5, 5.41) is 23.0. The minimum Gasteiger partial charge on any atom is -0.492 e. The minimum absolute atomic E-state index is 0.0159. The number of nitrogens with zero attached hydrogens (tertiary/aromatic N) is 3. The molecule has 10 nitrogen and oxygen atoms in total. The van der Waals surface area contributed by atoms with Crippen molar-refractivity contribution < 1.29 is 28.9 Å². The monoisotopic (exact) mass is 511 g/mol. The van der Waals surface area contributed by atoms with E-state index in [-0.39, 0.29) is 6.54 Å². The zero-order chi connectivity index (χ0) is 26.3. The van der Waals surface area contributed by atoms with Crippen LogP contribution in [0.5, 0.6) is 5.75 Å². The van der Waals surface area contributed by atoms with Gasteiger partial charge in [0.15, 0.2) is 0 Å². The number of H-pyrrole nitrogens is 1. The summed E-state index contributed by atoms with van der Waals surface area (Å²) in [4.78, 5) is 38.7. The van der Waals surface area contributed by atoms with E-state index in [1.807, 2.05) is 0 Å². The van der Waals surface area contributed by atoms with Crippen LogP contribution in [0.1, 0.15) is 42.2 Å². The van der Waals surface area contributed by atoms with Gasteiger partial charge in [-0.05, 0) is 51.2 Å². The van der Waals surface area contributed by atoms with Gasteiger partial charge in [0.05, 0.1) is 29.8 Å². The number of nitrogens with one attached hydrogen (secondary N) is 2. The topological polar surface area (TPSA) is 141 Å². The fraction of sp³-hybridized carbons (Fsp3) is 0.462. The van der Waals surface area contributed by atoms with Crippen molar-refractivity contribution in [2.24, 2.45) is 5.92 Å². The third-order valence-electron chi connectivity index (χ3n) is 6.94. The van der Waals surface area contributed by atoms with Crippen molar-refractivity contribution in [2.45, 2.75) is 51.4 Å². The Labute approximate surface area is 212 Å². The van der Waals surface area contributed by atoms with Crippen molar-refractivity contribution in [3.05, 3.63) is 41.6 Å². The van der Waals surface area contributed by atoms with Crippen molar-refractivity contribution in [3.8, 4) is 17.0 Å². The van der Waals surface area contributed by atoms with Crippen molar-refractivity contribution in [1.29, 1.82) is 0 Å². The Kier molecular flexibility index (Phi) is 6.82. The Morgan fingerprint density at radius 1 is 1.30 bits per heavy atom. The zero-order valence-corrected chi connectivity index (χ0v) is 20.7. The standard InChI is InChI=1S/C26H30FN5O5/c1-13-21(25(35)31-18-7-8-32(10-19(18)34)26(36)14(2)33)23-24(30-13)22(28-12-29-23)17-6-5-16(27)9-20(17)37-11-15-3-4-15/h5-6,9,12,14-15,18-19,30,33-34H,3-4,7-8,10-11H2,1-2H3,(H,31,35)/t14-,18+,19-/m0/s1. The second-order valence-corrected chi connectivity index (χ2v) is 9.86. The fourth-order valence-corrected chi connectivity index (χ4v) is 4.71. The second kappa shape index (κ2) is 10.1. The number of carbonyl (C=O) groups excluding carboxylic acids is 2. The van der Waals surface area contributed by atoms with Crippen LogP contribution in [0.25, 0.3) is 22.3 Å². The van der Waals surface area contributed by atoms with Gasteiger partial charge in [-0.15, -0.1) is 0 Å². The van der Waals surface area contributed by atoms with Crippen LogP contribution in [0.15, 0.2) is 24.5 Å². The molecule has 1 saturated heterocycles. The van der Waals surface area contributed by atoms with Crippen LogP contribution >= 0.6 is 0 Å². The number of piperidine rings is 1. The number of hydrogen-bond acceptors (Lipinski definition) is 7. The molecule has 3 atom stereocenters. The van der Waals surface area contributed by atoms with Gasteiger partial charge in [0.25, 0.3) is 11.8 Å². The van der Waals surface area contributed by atoms with Gasteiger partial charge < -0.3 is 30.2 Å². The first-order valence-corrected chi connectivity index (χ1v) is 12.4. The number of amides is 2. The molecule has 5 rings (SSSR count). The van der Waals surface area contributed by atoms with Crippen LogP contribution in [-0.4, -0.2) is 79.8 Å². The van der Waals surface area contributed by atoms with Crippen LogP contribution in [0.2, 0.25) is 0 Å². The number of hydrogen-bond donors (Lipinski definition) is 4. The molecule has 2 aromatic heterocycles. The maximum absolute atomic E-state index is 14.0. The molecular formula is C26H30FN5O5. The number of aromatic nitrogens is 3. The minimum atomic E-state index is -1.15. The van der Waals surface area contributed by atoms with Crippen LogP contribution < -0.4 is 10.1 Å². The van der Waals surface area contributed by atoms with Gasteiger partial charge in [0.2, 0.25) is 0 Å². The van der Waals surface area contributed by atoms with Gasteiger partial charge in [0.1, 0.15) is 35.2 Å². The predicted octanol–water partition coefficient (Wildman–Crippen LogP) is 1.93. The average molecular weight is 512 g/mol. The number of fused-ring (bicyclic) bond motifs is 1. The molecule has 2 amide bonds. The maximum atomic E-state index is 14.0. The molecule has 0 unspecified atom stereocenters. The lowest BCUT2D eigenvalue weighted by Gasteiger charge is -2.36. The Hall–Kier alpha value is -3.57. The molecule has 37 heavy (non-hydrogen) atoms.